The third-order valence-electron chi connectivity index (χ3n) is 2.66. The molecule has 3 rings (SSSR count). The Labute approximate surface area is 134 Å². The number of aromatic nitrogens is 4. The Bertz CT molecular complexity index is 781. The fraction of sp³-hybridized carbons (Fsp3) is 0. The fourth-order valence-corrected chi connectivity index (χ4v) is 2.29. The topological polar surface area (TPSA) is 63.6 Å². The van der Waals surface area contributed by atoms with Crippen molar-refractivity contribution in [2.24, 2.45) is 0 Å². The van der Waals surface area contributed by atoms with Gasteiger partial charge in [0.25, 0.3) is 0 Å². The summed E-state index contributed by atoms with van der Waals surface area (Å²) in [6.45, 7) is 0. The molecule has 21 heavy (non-hydrogen) atoms. The van der Waals surface area contributed by atoms with E-state index in [-0.39, 0.29) is 0 Å². The van der Waals surface area contributed by atoms with Crippen LogP contribution in [0.5, 0.6) is 0 Å². The van der Waals surface area contributed by atoms with E-state index in [1.165, 1.54) is 0 Å². The Balaban J connectivity index is 1.90. The molecule has 5 nitrogen and oxygen atoms in total. The first kappa shape index (κ1) is 13.9. The minimum atomic E-state index is 0.429. The van der Waals surface area contributed by atoms with E-state index in [1.807, 2.05) is 24.3 Å². The molecule has 0 bridgehead atoms. The Morgan fingerprint density at radius 1 is 0.952 bits per heavy atom. The second-order valence-electron chi connectivity index (χ2n) is 4.12. The molecule has 0 unspecified atom stereocenters. The van der Waals surface area contributed by atoms with Gasteiger partial charge < -0.3 is 5.32 Å². The monoisotopic (exact) mass is 361 g/mol. The first-order valence-corrected chi connectivity index (χ1v) is 7.21. The Morgan fingerprint density at radius 3 is 2.57 bits per heavy atom. The van der Waals surface area contributed by atoms with Gasteiger partial charge in [-0.25, -0.2) is 19.9 Å². The average Bonchev–Trinajstić information content (AvgIpc) is 2.47. The highest BCUT2D eigenvalue weighted by Crippen LogP contribution is 2.21. The number of anilines is 2. The molecule has 3 heterocycles. The molecule has 3 aromatic heterocycles. The van der Waals surface area contributed by atoms with Crippen molar-refractivity contribution in [3.05, 3.63) is 58.7 Å². The van der Waals surface area contributed by atoms with Crippen LogP contribution in [-0.2, 0) is 0 Å². The van der Waals surface area contributed by atoms with Crippen molar-refractivity contribution >= 4 is 39.2 Å². The Hall–Kier alpha value is -2.05. The van der Waals surface area contributed by atoms with Crippen molar-refractivity contribution in [2.75, 3.05) is 5.32 Å². The normalized spacial score (nSPS) is 10.4. The predicted octanol–water partition coefficient (Wildman–Crippen LogP) is 4.09. The van der Waals surface area contributed by atoms with Gasteiger partial charge >= 0.3 is 0 Å². The van der Waals surface area contributed by atoms with E-state index in [4.69, 9.17) is 11.6 Å². The van der Waals surface area contributed by atoms with Gasteiger partial charge in [-0.05, 0) is 46.3 Å². The van der Waals surface area contributed by atoms with Crippen LogP contribution in [0.15, 0.2) is 53.5 Å². The van der Waals surface area contributed by atoms with Crippen LogP contribution < -0.4 is 5.32 Å². The summed E-state index contributed by atoms with van der Waals surface area (Å²) >= 11 is 9.22. The quantitative estimate of drug-likeness (QED) is 0.711. The van der Waals surface area contributed by atoms with Gasteiger partial charge in [-0.2, -0.15) is 0 Å². The Morgan fingerprint density at radius 2 is 1.76 bits per heavy atom. The van der Waals surface area contributed by atoms with E-state index < -0.39 is 0 Å². The molecule has 0 aliphatic rings. The summed E-state index contributed by atoms with van der Waals surface area (Å²) < 4.78 is 0.740. The molecule has 1 N–H and O–H groups in total. The van der Waals surface area contributed by atoms with E-state index in [9.17, 15) is 0 Å². The van der Waals surface area contributed by atoms with Gasteiger partial charge in [-0.15, -0.1) is 0 Å². The zero-order valence-electron chi connectivity index (χ0n) is 10.7. The lowest BCUT2D eigenvalue weighted by molar-refractivity contribution is 1.16. The highest BCUT2D eigenvalue weighted by molar-refractivity contribution is 9.10. The van der Waals surface area contributed by atoms with Gasteiger partial charge in [0, 0.05) is 29.8 Å². The van der Waals surface area contributed by atoms with Crippen LogP contribution in [0, 0.1) is 0 Å². The van der Waals surface area contributed by atoms with Crippen LogP contribution >= 0.6 is 27.5 Å². The summed E-state index contributed by atoms with van der Waals surface area (Å²) in [7, 11) is 0. The molecular weight excluding hydrogens is 354 g/mol. The molecule has 0 radical (unpaired) electrons. The minimum absolute atomic E-state index is 0.429. The number of hydrogen-bond donors (Lipinski definition) is 1. The Kier molecular flexibility index (Phi) is 4.08. The van der Waals surface area contributed by atoms with Crippen LogP contribution in [-0.4, -0.2) is 19.9 Å². The summed E-state index contributed by atoms with van der Waals surface area (Å²) in [6.07, 6.45) is 5.03. The van der Waals surface area contributed by atoms with E-state index >= 15 is 0 Å². The molecule has 7 heteroatoms. The zero-order valence-corrected chi connectivity index (χ0v) is 13.0. The zero-order chi connectivity index (χ0) is 14.7. The van der Waals surface area contributed by atoms with E-state index in [2.05, 4.69) is 41.2 Å². The maximum absolute atomic E-state index is 5.90. The third-order valence-corrected chi connectivity index (χ3v) is 3.30. The molecule has 0 fully saturated rings. The molecule has 0 saturated carbocycles. The standard InChI is InChI=1S/C14H9BrClN5/c15-12-8-10(2-5-17-12)20-14-19-6-3-11(21-14)9-1-4-18-13(16)7-9/h1-8H,(H,17,19,20,21). The lowest BCUT2D eigenvalue weighted by Gasteiger charge is -2.06. The summed E-state index contributed by atoms with van der Waals surface area (Å²) in [5, 5.41) is 3.56. The van der Waals surface area contributed by atoms with Crippen LogP contribution in [0.2, 0.25) is 5.15 Å². The predicted molar refractivity (Wildman–Crippen MR) is 85.5 cm³/mol. The molecule has 0 atom stereocenters. The second-order valence-corrected chi connectivity index (χ2v) is 5.32. The highest BCUT2D eigenvalue weighted by Gasteiger charge is 2.04. The summed E-state index contributed by atoms with van der Waals surface area (Å²) in [4.78, 5) is 16.7. The smallest absolute Gasteiger partial charge is 0.227 e. The molecule has 3 aromatic rings. The van der Waals surface area contributed by atoms with E-state index in [0.717, 1.165) is 21.5 Å². The SMILES string of the molecule is Clc1cc(-c2ccnc(Nc3ccnc(Br)c3)n2)ccn1. The molecule has 0 aliphatic heterocycles. The minimum Gasteiger partial charge on any atom is -0.324 e. The second kappa shape index (κ2) is 6.15. The van der Waals surface area contributed by atoms with Gasteiger partial charge in [0.15, 0.2) is 0 Å². The van der Waals surface area contributed by atoms with Gasteiger partial charge in [-0.3, -0.25) is 0 Å². The average molecular weight is 363 g/mol. The van der Waals surface area contributed by atoms with Crippen molar-refractivity contribution < 1.29 is 0 Å². The maximum atomic E-state index is 5.90. The van der Waals surface area contributed by atoms with Crippen molar-refractivity contribution in [3.8, 4) is 11.3 Å². The van der Waals surface area contributed by atoms with Gasteiger partial charge in [0.1, 0.15) is 9.76 Å². The molecule has 0 aromatic carbocycles. The summed E-state index contributed by atoms with van der Waals surface area (Å²) in [5.41, 5.74) is 2.50. The summed E-state index contributed by atoms with van der Waals surface area (Å²) in [6, 6.07) is 9.11. The highest BCUT2D eigenvalue weighted by atomic mass is 79.9. The van der Waals surface area contributed by atoms with Crippen molar-refractivity contribution in [2.45, 2.75) is 0 Å². The lowest BCUT2D eigenvalue weighted by atomic mass is 10.2. The first-order chi connectivity index (χ1) is 10.2. The molecule has 104 valence electrons. The molecule has 0 spiro atoms. The third kappa shape index (κ3) is 3.53. The van der Waals surface area contributed by atoms with E-state index in [1.54, 1.807) is 24.7 Å². The number of nitrogens with one attached hydrogen (secondary N) is 1. The molecule has 0 amide bonds. The molecule has 0 saturated heterocycles. The van der Waals surface area contributed by atoms with Crippen LogP contribution in [0.3, 0.4) is 0 Å². The van der Waals surface area contributed by atoms with Crippen LogP contribution in [0.25, 0.3) is 11.3 Å². The molecule has 0 aliphatic carbocycles. The lowest BCUT2D eigenvalue weighted by Crippen LogP contribution is -1.98. The van der Waals surface area contributed by atoms with Crippen LogP contribution in [0.4, 0.5) is 11.6 Å². The number of pyridine rings is 2. The van der Waals surface area contributed by atoms with Gasteiger partial charge in [0.05, 0.1) is 5.69 Å². The number of hydrogen-bond acceptors (Lipinski definition) is 5. The van der Waals surface area contributed by atoms with Crippen molar-refractivity contribution in [1.82, 2.24) is 19.9 Å². The number of rotatable bonds is 3. The number of nitrogens with zero attached hydrogens (tertiary/aromatic N) is 4. The first-order valence-electron chi connectivity index (χ1n) is 6.04. The number of halogens is 2. The van der Waals surface area contributed by atoms with E-state index in [0.29, 0.717) is 11.1 Å². The maximum Gasteiger partial charge on any atom is 0.227 e. The van der Waals surface area contributed by atoms with Crippen LogP contribution in [0.1, 0.15) is 0 Å². The van der Waals surface area contributed by atoms with Crippen molar-refractivity contribution in [1.29, 1.82) is 0 Å². The molecular formula is C14H9BrClN5. The van der Waals surface area contributed by atoms with Gasteiger partial charge in [-0.1, -0.05) is 11.6 Å². The van der Waals surface area contributed by atoms with Crippen molar-refractivity contribution in [3.63, 3.8) is 0 Å². The largest absolute Gasteiger partial charge is 0.324 e. The summed E-state index contributed by atoms with van der Waals surface area (Å²) in [5.74, 6) is 0.499. The fourth-order valence-electron chi connectivity index (χ4n) is 1.75. The van der Waals surface area contributed by atoms with Gasteiger partial charge in [0.2, 0.25) is 5.95 Å².